The van der Waals surface area contributed by atoms with Crippen LogP contribution in [0.4, 0.5) is 13.2 Å². The fourth-order valence-corrected chi connectivity index (χ4v) is 6.46. The fraction of sp³-hybridized carbons (Fsp3) is 1.00. The highest BCUT2D eigenvalue weighted by molar-refractivity contribution is 5.13. The summed E-state index contributed by atoms with van der Waals surface area (Å²) in [5, 5.41) is 19.4. The summed E-state index contributed by atoms with van der Waals surface area (Å²) >= 11 is 0. The molecule has 23 heavy (non-hydrogen) atoms. The van der Waals surface area contributed by atoms with Gasteiger partial charge in [0, 0.05) is 12.0 Å². The van der Waals surface area contributed by atoms with Crippen LogP contribution in [0, 0.1) is 28.1 Å². The zero-order valence-corrected chi connectivity index (χ0v) is 13.8. The van der Waals surface area contributed by atoms with Crippen molar-refractivity contribution in [2.24, 2.45) is 28.1 Å². The van der Waals surface area contributed by atoms with E-state index in [0.29, 0.717) is 31.1 Å². The molecule has 0 aromatic heterocycles. The normalized spacial score (nSPS) is 43.4. The first-order valence-electron chi connectivity index (χ1n) is 8.61. The second-order valence-electron chi connectivity index (χ2n) is 8.74. The lowest BCUT2D eigenvalue weighted by Crippen LogP contribution is -2.63. The highest BCUT2D eigenvalue weighted by Crippen LogP contribution is 2.69. The average molecular weight is 336 g/mol. The van der Waals surface area contributed by atoms with Gasteiger partial charge in [0.05, 0.1) is 5.41 Å². The molecule has 4 saturated carbocycles. The molecule has 134 valence electrons. The van der Waals surface area contributed by atoms with E-state index < -0.39 is 23.1 Å². The quantitative estimate of drug-likeness (QED) is 0.578. The minimum absolute atomic E-state index is 0.0226. The van der Waals surface area contributed by atoms with E-state index >= 15 is 0 Å². The molecule has 2 N–H and O–H groups in total. The Labute approximate surface area is 135 Å². The summed E-state index contributed by atoms with van der Waals surface area (Å²) in [5.41, 5.74) is -3.03. The number of hydrogen-bond acceptors (Lipinski definition) is 3. The van der Waals surface area contributed by atoms with E-state index in [1.807, 2.05) is 0 Å². The molecule has 0 amide bonds. The molecule has 4 aliphatic carbocycles. The van der Waals surface area contributed by atoms with Gasteiger partial charge in [-0.2, -0.15) is 13.2 Å². The highest BCUT2D eigenvalue weighted by Gasteiger charge is 2.67. The number of halogens is 3. The molecule has 0 aliphatic heterocycles. The molecule has 0 aromatic carbocycles. The molecule has 0 saturated heterocycles. The smallest absolute Gasteiger partial charge is 0.396 e. The number of alkyl halides is 3. The van der Waals surface area contributed by atoms with Crippen LogP contribution in [0.2, 0.25) is 0 Å². The number of rotatable bonds is 5. The molecule has 0 radical (unpaired) electrons. The van der Waals surface area contributed by atoms with Crippen molar-refractivity contribution >= 4 is 0 Å². The highest BCUT2D eigenvalue weighted by atomic mass is 19.4. The molecular weight excluding hydrogens is 309 g/mol. The van der Waals surface area contributed by atoms with Crippen molar-refractivity contribution in [3.05, 3.63) is 0 Å². The molecule has 0 spiro atoms. The van der Waals surface area contributed by atoms with Crippen LogP contribution in [0.25, 0.3) is 0 Å². The van der Waals surface area contributed by atoms with Gasteiger partial charge in [0.1, 0.15) is 6.10 Å². The van der Waals surface area contributed by atoms with Crippen molar-refractivity contribution in [3.63, 3.8) is 0 Å². The van der Waals surface area contributed by atoms with Crippen LogP contribution in [0.1, 0.15) is 58.8 Å². The molecule has 0 heterocycles. The average Bonchev–Trinajstić information content (AvgIpc) is 2.44. The largest absolute Gasteiger partial charge is 0.396 e. The van der Waals surface area contributed by atoms with Gasteiger partial charge in [0.2, 0.25) is 0 Å². The summed E-state index contributed by atoms with van der Waals surface area (Å²) in [6, 6.07) is 0. The zero-order valence-electron chi connectivity index (χ0n) is 13.8. The standard InChI is InChI=1S/C17H27F3O3/c1-3-14(2,17(18,19)20)13(23-22)16-7-11-4-12(8-16)6-15(5-11,9-16)10-21/h11-13,21-22H,3-10H2,1-2H3. The Morgan fingerprint density at radius 2 is 1.74 bits per heavy atom. The van der Waals surface area contributed by atoms with E-state index in [1.54, 1.807) is 0 Å². The van der Waals surface area contributed by atoms with Crippen molar-refractivity contribution in [3.8, 4) is 0 Å². The Balaban J connectivity index is 2.01. The van der Waals surface area contributed by atoms with Gasteiger partial charge >= 0.3 is 6.18 Å². The van der Waals surface area contributed by atoms with Crippen LogP contribution in [-0.4, -0.2) is 29.3 Å². The molecular formula is C17H27F3O3. The van der Waals surface area contributed by atoms with E-state index in [2.05, 4.69) is 4.89 Å². The lowest BCUT2D eigenvalue weighted by atomic mass is 9.41. The van der Waals surface area contributed by atoms with Gasteiger partial charge in [-0.3, -0.25) is 5.26 Å². The third kappa shape index (κ3) is 2.44. The van der Waals surface area contributed by atoms with Crippen LogP contribution in [0.15, 0.2) is 0 Å². The molecule has 4 aliphatic rings. The van der Waals surface area contributed by atoms with Crippen molar-refractivity contribution < 1.29 is 28.4 Å². The summed E-state index contributed by atoms with van der Waals surface area (Å²) in [6.45, 7) is 2.69. The third-order valence-corrected chi connectivity index (χ3v) is 7.19. The zero-order chi connectivity index (χ0) is 17.1. The molecule has 4 fully saturated rings. The van der Waals surface area contributed by atoms with Crippen molar-refractivity contribution in [2.75, 3.05) is 6.61 Å². The van der Waals surface area contributed by atoms with Crippen LogP contribution in [0.3, 0.4) is 0 Å². The molecule has 0 aromatic rings. The summed E-state index contributed by atoms with van der Waals surface area (Å²) < 4.78 is 41.3. The van der Waals surface area contributed by atoms with E-state index in [9.17, 15) is 23.5 Å². The molecule has 4 rings (SSSR count). The van der Waals surface area contributed by atoms with Crippen LogP contribution >= 0.6 is 0 Å². The summed E-state index contributed by atoms with van der Waals surface area (Å²) in [7, 11) is 0. The van der Waals surface area contributed by atoms with Gasteiger partial charge < -0.3 is 5.11 Å². The van der Waals surface area contributed by atoms with Gasteiger partial charge in [-0.15, -0.1) is 0 Å². The first kappa shape index (κ1) is 17.5. The van der Waals surface area contributed by atoms with Gasteiger partial charge in [-0.05, 0) is 69.1 Å². The summed E-state index contributed by atoms with van der Waals surface area (Å²) in [6.07, 6.45) is -1.14. The Bertz CT molecular complexity index is 450. The van der Waals surface area contributed by atoms with Crippen LogP contribution < -0.4 is 0 Å². The topological polar surface area (TPSA) is 49.7 Å². The first-order valence-corrected chi connectivity index (χ1v) is 8.61. The summed E-state index contributed by atoms with van der Waals surface area (Å²) in [4.78, 5) is 4.61. The van der Waals surface area contributed by atoms with Gasteiger partial charge in [0.15, 0.2) is 0 Å². The maximum atomic E-state index is 13.8. The Morgan fingerprint density at radius 3 is 2.13 bits per heavy atom. The van der Waals surface area contributed by atoms with E-state index in [1.165, 1.54) is 6.92 Å². The van der Waals surface area contributed by atoms with Crippen molar-refractivity contribution in [1.29, 1.82) is 0 Å². The number of aliphatic hydroxyl groups excluding tert-OH is 1. The first-order chi connectivity index (χ1) is 10.6. The lowest BCUT2D eigenvalue weighted by molar-refractivity contribution is -0.385. The minimum Gasteiger partial charge on any atom is -0.396 e. The number of hydrogen-bond donors (Lipinski definition) is 2. The predicted molar refractivity (Wildman–Crippen MR) is 78.6 cm³/mol. The lowest BCUT2D eigenvalue weighted by Gasteiger charge is -2.64. The predicted octanol–water partition coefficient (Wildman–Crippen LogP) is 4.40. The molecule has 4 unspecified atom stereocenters. The molecule has 4 bridgehead atoms. The van der Waals surface area contributed by atoms with E-state index in [-0.39, 0.29) is 18.4 Å². The van der Waals surface area contributed by atoms with Gasteiger partial charge in [0.25, 0.3) is 0 Å². The van der Waals surface area contributed by atoms with Crippen molar-refractivity contribution in [1.82, 2.24) is 0 Å². The minimum atomic E-state index is -4.44. The number of aliphatic hydroxyl groups is 1. The second kappa shape index (κ2) is 5.33. The van der Waals surface area contributed by atoms with E-state index in [0.717, 1.165) is 26.2 Å². The second-order valence-corrected chi connectivity index (χ2v) is 8.74. The molecule has 6 heteroatoms. The fourth-order valence-electron chi connectivity index (χ4n) is 6.46. The van der Waals surface area contributed by atoms with Crippen molar-refractivity contribution in [2.45, 2.75) is 71.1 Å². The van der Waals surface area contributed by atoms with Crippen LogP contribution in [0.5, 0.6) is 0 Å². The maximum Gasteiger partial charge on any atom is 0.396 e. The SMILES string of the molecule is CCC(C)(C(OO)C12CC3CC(CC(CO)(C3)C1)C2)C(F)(F)F. The monoisotopic (exact) mass is 336 g/mol. The molecule has 4 atom stereocenters. The Morgan fingerprint density at radius 1 is 1.17 bits per heavy atom. The van der Waals surface area contributed by atoms with E-state index in [4.69, 9.17) is 0 Å². The third-order valence-electron chi connectivity index (χ3n) is 7.19. The Kier molecular flexibility index (Phi) is 4.06. The van der Waals surface area contributed by atoms with Crippen LogP contribution in [-0.2, 0) is 4.89 Å². The molecule has 3 nitrogen and oxygen atoms in total. The van der Waals surface area contributed by atoms with Gasteiger partial charge in [-0.25, -0.2) is 4.89 Å². The maximum absolute atomic E-state index is 13.8. The van der Waals surface area contributed by atoms with Gasteiger partial charge in [-0.1, -0.05) is 6.92 Å². The Hall–Kier alpha value is -0.330. The summed E-state index contributed by atoms with van der Waals surface area (Å²) in [5.74, 6) is 0.686.